The van der Waals surface area contributed by atoms with Crippen LogP contribution in [-0.2, 0) is 0 Å². The Kier molecular flexibility index (Phi) is 5.14. The number of halogens is 1. The number of aromatic nitrogens is 2. The van der Waals surface area contributed by atoms with Crippen LogP contribution in [0.1, 0.15) is 5.56 Å². The summed E-state index contributed by atoms with van der Waals surface area (Å²) >= 11 is 3.37. The van der Waals surface area contributed by atoms with E-state index < -0.39 is 0 Å². The van der Waals surface area contributed by atoms with E-state index in [0.29, 0.717) is 24.9 Å². The Morgan fingerprint density at radius 3 is 3.00 bits per heavy atom. The molecule has 4 N–H and O–H groups in total. The molecule has 0 aliphatic rings. The molecule has 0 bridgehead atoms. The number of hydrogen-bond acceptors (Lipinski definition) is 6. The first-order valence-corrected chi connectivity index (χ1v) is 6.91. The fourth-order valence-corrected chi connectivity index (χ4v) is 1.94. The van der Waals surface area contributed by atoms with E-state index >= 15 is 0 Å². The van der Waals surface area contributed by atoms with Gasteiger partial charge in [0.1, 0.15) is 18.2 Å². The maximum absolute atomic E-state index is 5.64. The van der Waals surface area contributed by atoms with Crippen molar-refractivity contribution in [2.75, 3.05) is 23.9 Å². The van der Waals surface area contributed by atoms with Gasteiger partial charge < -0.3 is 10.1 Å². The van der Waals surface area contributed by atoms with Crippen LogP contribution in [0.4, 0.5) is 11.8 Å². The number of nitrogens with two attached hydrogens (primary N) is 1. The molecule has 0 radical (unpaired) electrons. The number of anilines is 2. The van der Waals surface area contributed by atoms with Crippen molar-refractivity contribution in [3.8, 4) is 5.75 Å². The Labute approximate surface area is 125 Å². The Balaban J connectivity index is 1.84. The fourth-order valence-electron chi connectivity index (χ4n) is 1.60. The molecule has 1 heterocycles. The number of benzene rings is 1. The average Bonchev–Trinajstić information content (AvgIpc) is 2.45. The van der Waals surface area contributed by atoms with Gasteiger partial charge in [-0.15, -0.1) is 0 Å². The highest BCUT2D eigenvalue weighted by Gasteiger charge is 2.03. The van der Waals surface area contributed by atoms with Gasteiger partial charge in [0, 0.05) is 6.20 Å². The lowest BCUT2D eigenvalue weighted by Gasteiger charge is -2.10. The molecule has 0 unspecified atom stereocenters. The minimum atomic E-state index is 0.357. The van der Waals surface area contributed by atoms with Crippen LogP contribution in [0.15, 0.2) is 34.9 Å². The second kappa shape index (κ2) is 7.06. The van der Waals surface area contributed by atoms with Gasteiger partial charge in [-0.05, 0) is 40.5 Å². The molecule has 0 fully saturated rings. The third-order valence-electron chi connectivity index (χ3n) is 2.53. The lowest BCUT2D eigenvalue weighted by molar-refractivity contribution is 0.332. The highest BCUT2D eigenvalue weighted by molar-refractivity contribution is 9.10. The zero-order valence-corrected chi connectivity index (χ0v) is 12.6. The molecule has 20 heavy (non-hydrogen) atoms. The minimum absolute atomic E-state index is 0.357. The molecule has 0 saturated heterocycles. The first-order chi connectivity index (χ1) is 9.69. The van der Waals surface area contributed by atoms with Crippen molar-refractivity contribution < 1.29 is 4.74 Å². The SMILES string of the molecule is Cc1cccc(OCCNc2nc(NN)ncc2Br)c1. The van der Waals surface area contributed by atoms with E-state index in [1.165, 1.54) is 5.56 Å². The van der Waals surface area contributed by atoms with Gasteiger partial charge in [0.25, 0.3) is 0 Å². The van der Waals surface area contributed by atoms with Gasteiger partial charge >= 0.3 is 0 Å². The molecule has 1 aromatic heterocycles. The molecular weight excluding hydrogens is 322 g/mol. The van der Waals surface area contributed by atoms with E-state index in [1.54, 1.807) is 6.20 Å². The standard InChI is InChI=1S/C13H16BrN5O/c1-9-3-2-4-10(7-9)20-6-5-16-12-11(14)8-17-13(18-12)19-15/h2-4,7-8H,5-6,15H2,1H3,(H2,16,17,18,19). The topological polar surface area (TPSA) is 85.1 Å². The molecule has 2 rings (SSSR count). The molecule has 0 amide bonds. The van der Waals surface area contributed by atoms with Crippen molar-refractivity contribution in [3.63, 3.8) is 0 Å². The Morgan fingerprint density at radius 2 is 2.25 bits per heavy atom. The van der Waals surface area contributed by atoms with Gasteiger partial charge in [-0.25, -0.2) is 10.8 Å². The molecule has 0 spiro atoms. The number of aryl methyl sites for hydroxylation is 1. The summed E-state index contributed by atoms with van der Waals surface area (Å²) in [5.74, 6) is 7.15. The minimum Gasteiger partial charge on any atom is -0.492 e. The van der Waals surface area contributed by atoms with Gasteiger partial charge in [-0.2, -0.15) is 4.98 Å². The quantitative estimate of drug-likeness (QED) is 0.426. The van der Waals surface area contributed by atoms with Crippen molar-refractivity contribution in [2.24, 2.45) is 5.84 Å². The average molecular weight is 338 g/mol. The van der Waals surface area contributed by atoms with E-state index in [0.717, 1.165) is 10.2 Å². The summed E-state index contributed by atoms with van der Waals surface area (Å²) < 4.78 is 6.41. The van der Waals surface area contributed by atoms with Crippen molar-refractivity contribution in [1.29, 1.82) is 0 Å². The van der Waals surface area contributed by atoms with Crippen LogP contribution >= 0.6 is 15.9 Å². The summed E-state index contributed by atoms with van der Waals surface area (Å²) in [5, 5.41) is 3.15. The number of hydrazine groups is 1. The largest absolute Gasteiger partial charge is 0.492 e. The highest BCUT2D eigenvalue weighted by Crippen LogP contribution is 2.19. The van der Waals surface area contributed by atoms with Crippen LogP contribution in [0.2, 0.25) is 0 Å². The Morgan fingerprint density at radius 1 is 1.40 bits per heavy atom. The molecule has 106 valence electrons. The predicted molar refractivity (Wildman–Crippen MR) is 82.7 cm³/mol. The number of nitrogen functional groups attached to an aromatic ring is 1. The maximum atomic E-state index is 5.64. The van der Waals surface area contributed by atoms with Crippen LogP contribution in [-0.4, -0.2) is 23.1 Å². The van der Waals surface area contributed by atoms with Gasteiger partial charge in [0.2, 0.25) is 5.95 Å². The third-order valence-corrected chi connectivity index (χ3v) is 3.11. The van der Waals surface area contributed by atoms with E-state index in [9.17, 15) is 0 Å². The molecule has 7 heteroatoms. The number of nitrogens with zero attached hydrogens (tertiary/aromatic N) is 2. The maximum Gasteiger partial charge on any atom is 0.239 e. The van der Waals surface area contributed by atoms with Crippen LogP contribution in [0.5, 0.6) is 5.75 Å². The summed E-state index contributed by atoms with van der Waals surface area (Å²) in [4.78, 5) is 8.17. The van der Waals surface area contributed by atoms with E-state index in [1.807, 2.05) is 31.2 Å². The summed E-state index contributed by atoms with van der Waals surface area (Å²) in [6.07, 6.45) is 1.63. The zero-order chi connectivity index (χ0) is 14.4. The second-order valence-corrected chi connectivity index (χ2v) is 4.98. The van der Waals surface area contributed by atoms with Gasteiger partial charge in [-0.3, -0.25) is 5.43 Å². The summed E-state index contributed by atoms with van der Waals surface area (Å²) in [7, 11) is 0. The molecule has 0 aliphatic heterocycles. The normalized spacial score (nSPS) is 10.2. The highest BCUT2D eigenvalue weighted by atomic mass is 79.9. The second-order valence-electron chi connectivity index (χ2n) is 4.13. The monoisotopic (exact) mass is 337 g/mol. The summed E-state index contributed by atoms with van der Waals surface area (Å²) in [5.41, 5.74) is 3.58. The smallest absolute Gasteiger partial charge is 0.239 e. The van der Waals surface area contributed by atoms with E-state index in [-0.39, 0.29) is 0 Å². The zero-order valence-electron chi connectivity index (χ0n) is 11.1. The number of hydrogen-bond donors (Lipinski definition) is 3. The van der Waals surface area contributed by atoms with Crippen LogP contribution in [0.3, 0.4) is 0 Å². The molecule has 2 aromatic rings. The molecule has 1 aromatic carbocycles. The van der Waals surface area contributed by atoms with Gasteiger partial charge in [-0.1, -0.05) is 12.1 Å². The predicted octanol–water partition coefficient (Wildman–Crippen LogP) is 2.32. The number of nitrogens with one attached hydrogen (secondary N) is 2. The molecule has 0 saturated carbocycles. The number of rotatable bonds is 6. The summed E-state index contributed by atoms with van der Waals surface area (Å²) in [6.45, 7) is 3.18. The van der Waals surface area contributed by atoms with E-state index in [2.05, 4.69) is 36.6 Å². The molecule has 6 nitrogen and oxygen atoms in total. The molecule has 0 aliphatic carbocycles. The Hall–Kier alpha value is -1.86. The Bertz CT molecular complexity index is 578. The summed E-state index contributed by atoms with van der Waals surface area (Å²) in [6, 6.07) is 7.93. The fraction of sp³-hybridized carbons (Fsp3) is 0.231. The van der Waals surface area contributed by atoms with Crippen molar-refractivity contribution >= 4 is 27.7 Å². The first kappa shape index (κ1) is 14.5. The van der Waals surface area contributed by atoms with Crippen LogP contribution in [0.25, 0.3) is 0 Å². The third kappa shape index (κ3) is 4.07. The van der Waals surface area contributed by atoms with Gasteiger partial charge in [0.15, 0.2) is 0 Å². The van der Waals surface area contributed by atoms with Gasteiger partial charge in [0.05, 0.1) is 11.0 Å². The first-order valence-electron chi connectivity index (χ1n) is 6.11. The van der Waals surface area contributed by atoms with Crippen molar-refractivity contribution in [2.45, 2.75) is 6.92 Å². The van der Waals surface area contributed by atoms with Crippen LogP contribution < -0.4 is 21.3 Å². The lowest BCUT2D eigenvalue weighted by atomic mass is 10.2. The van der Waals surface area contributed by atoms with E-state index in [4.69, 9.17) is 10.6 Å². The molecular formula is C13H16BrN5O. The lowest BCUT2D eigenvalue weighted by Crippen LogP contribution is -2.15. The van der Waals surface area contributed by atoms with Crippen LogP contribution in [0, 0.1) is 6.92 Å². The number of ether oxygens (including phenoxy) is 1. The molecule has 0 atom stereocenters. The van der Waals surface area contributed by atoms with Crippen molar-refractivity contribution in [3.05, 3.63) is 40.5 Å². The van der Waals surface area contributed by atoms with Crippen molar-refractivity contribution in [1.82, 2.24) is 9.97 Å².